The second-order valence-electron chi connectivity index (χ2n) is 4.83. The average Bonchev–Trinajstić information content (AvgIpc) is 2.87. The number of thioether (sulfide) groups is 1. The number of esters is 1. The van der Waals surface area contributed by atoms with Crippen LogP contribution in [0.25, 0.3) is 0 Å². The van der Waals surface area contributed by atoms with Gasteiger partial charge in [-0.05, 0) is 25.0 Å². The monoisotopic (exact) mass is 296 g/mol. The second kappa shape index (κ2) is 3.64. The van der Waals surface area contributed by atoms with Crippen LogP contribution in [0.4, 0.5) is 5.69 Å². The van der Waals surface area contributed by atoms with Crippen molar-refractivity contribution in [2.75, 3.05) is 4.90 Å². The van der Waals surface area contributed by atoms with Crippen LogP contribution in [0.2, 0.25) is 5.15 Å². The van der Waals surface area contributed by atoms with Gasteiger partial charge in [0, 0.05) is 6.42 Å². The van der Waals surface area contributed by atoms with Gasteiger partial charge in [-0.15, -0.1) is 0 Å². The van der Waals surface area contributed by atoms with Gasteiger partial charge in [0.15, 0.2) is 0 Å². The Kier molecular flexibility index (Phi) is 2.21. The number of carbonyl (C=O) groups is 2. The van der Waals surface area contributed by atoms with Crippen LogP contribution in [0.3, 0.4) is 0 Å². The molecule has 0 N–H and O–H groups in total. The van der Waals surface area contributed by atoms with Crippen LogP contribution in [-0.2, 0) is 14.3 Å². The van der Waals surface area contributed by atoms with Crippen molar-refractivity contribution in [2.24, 2.45) is 0 Å². The first-order valence-corrected chi connectivity index (χ1v) is 7.28. The van der Waals surface area contributed by atoms with E-state index in [4.69, 9.17) is 16.3 Å². The molecule has 2 atom stereocenters. The molecular weight excluding hydrogens is 288 g/mol. The Bertz CT molecular complexity index is 623. The fourth-order valence-electron chi connectivity index (χ4n) is 3.08. The van der Waals surface area contributed by atoms with Gasteiger partial charge in [0.25, 0.3) is 0 Å². The maximum Gasteiger partial charge on any atom is 0.399 e. The maximum atomic E-state index is 12.1. The minimum Gasteiger partial charge on any atom is -0.430 e. The zero-order chi connectivity index (χ0) is 13.2. The fraction of sp³-hybridized carbons (Fsp3) is 0.417. The molecular formula is C12H9ClN2O3S. The van der Waals surface area contributed by atoms with E-state index in [0.717, 1.165) is 12.8 Å². The van der Waals surface area contributed by atoms with Crippen LogP contribution in [0, 0.1) is 0 Å². The van der Waals surface area contributed by atoms with E-state index in [-0.39, 0.29) is 5.25 Å². The normalized spacial score (nSPS) is 31.8. The molecule has 7 heteroatoms. The number of hydrogen-bond acceptors (Lipinski definition) is 5. The largest absolute Gasteiger partial charge is 0.430 e. The third-order valence-electron chi connectivity index (χ3n) is 3.83. The summed E-state index contributed by atoms with van der Waals surface area (Å²) in [7, 11) is 0. The van der Waals surface area contributed by atoms with E-state index in [1.165, 1.54) is 4.90 Å². The second-order valence-corrected chi connectivity index (χ2v) is 6.41. The molecule has 3 aliphatic rings. The summed E-state index contributed by atoms with van der Waals surface area (Å²) in [6.07, 6.45) is 2.51. The first-order valence-electron chi connectivity index (χ1n) is 6.02. The molecule has 4 rings (SSSR count). The van der Waals surface area contributed by atoms with Gasteiger partial charge in [0.2, 0.25) is 5.72 Å². The third-order valence-corrected chi connectivity index (χ3v) is 5.45. The van der Waals surface area contributed by atoms with E-state index in [0.29, 0.717) is 22.3 Å². The summed E-state index contributed by atoms with van der Waals surface area (Å²) in [6.45, 7) is 0. The van der Waals surface area contributed by atoms with Crippen LogP contribution in [-0.4, -0.2) is 27.8 Å². The highest BCUT2D eigenvalue weighted by atomic mass is 35.5. The standard InChI is InChI=1S/C12H9ClN2O3S/c13-8-4-3-6-9(14-8)19-7-2-1-5-12(7)15(6)10(16)11(17)18-12/h3-4,7H,1-2,5H2/t7-,12-/m1/s1. The number of hydrogen-bond donors (Lipinski definition) is 0. The minimum absolute atomic E-state index is 0.0429. The highest BCUT2D eigenvalue weighted by Crippen LogP contribution is 2.55. The lowest BCUT2D eigenvalue weighted by molar-refractivity contribution is -0.152. The number of ether oxygens (including phenoxy) is 1. The minimum atomic E-state index is -0.804. The number of aromatic nitrogens is 1. The number of pyridine rings is 1. The van der Waals surface area contributed by atoms with Crippen molar-refractivity contribution in [2.45, 2.75) is 35.3 Å². The van der Waals surface area contributed by atoms with Crippen molar-refractivity contribution < 1.29 is 14.3 Å². The summed E-state index contributed by atoms with van der Waals surface area (Å²) >= 11 is 7.45. The molecule has 1 spiro atoms. The molecule has 0 radical (unpaired) electrons. The zero-order valence-electron chi connectivity index (χ0n) is 9.76. The Morgan fingerprint density at radius 2 is 2.32 bits per heavy atom. The highest BCUT2D eigenvalue weighted by molar-refractivity contribution is 8.00. The van der Waals surface area contributed by atoms with Crippen molar-refractivity contribution in [1.82, 2.24) is 4.98 Å². The van der Waals surface area contributed by atoms with Gasteiger partial charge in [-0.25, -0.2) is 9.78 Å². The molecule has 1 amide bonds. The summed E-state index contributed by atoms with van der Waals surface area (Å²) in [4.78, 5) is 29.5. The number of rotatable bonds is 0. The number of halogens is 1. The first kappa shape index (κ1) is 11.5. The van der Waals surface area contributed by atoms with E-state index in [2.05, 4.69) is 4.98 Å². The Morgan fingerprint density at radius 1 is 1.47 bits per heavy atom. The van der Waals surface area contributed by atoms with Crippen LogP contribution in [0.5, 0.6) is 0 Å². The molecule has 0 unspecified atom stereocenters. The topological polar surface area (TPSA) is 59.5 Å². The predicted molar refractivity (Wildman–Crippen MR) is 69.1 cm³/mol. The van der Waals surface area contributed by atoms with Crippen molar-refractivity contribution >= 4 is 40.9 Å². The van der Waals surface area contributed by atoms with Crippen molar-refractivity contribution in [3.63, 3.8) is 0 Å². The number of nitrogens with zero attached hydrogens (tertiary/aromatic N) is 2. The molecule has 1 saturated heterocycles. The Balaban J connectivity index is 1.95. The van der Waals surface area contributed by atoms with Crippen LogP contribution in [0.1, 0.15) is 19.3 Å². The highest BCUT2D eigenvalue weighted by Gasteiger charge is 2.63. The van der Waals surface area contributed by atoms with Gasteiger partial charge in [0.1, 0.15) is 10.2 Å². The summed E-state index contributed by atoms with van der Waals surface area (Å²) in [5.74, 6) is -1.37. The SMILES string of the molecule is O=C1O[C@]23CCC[C@H]2Sc2nc(Cl)ccc2N3C1=O. The molecule has 2 fully saturated rings. The maximum absolute atomic E-state index is 12.1. The lowest BCUT2D eigenvalue weighted by Gasteiger charge is -2.40. The van der Waals surface area contributed by atoms with Crippen LogP contribution >= 0.6 is 23.4 Å². The zero-order valence-corrected chi connectivity index (χ0v) is 11.3. The van der Waals surface area contributed by atoms with E-state index in [1.807, 2.05) is 0 Å². The molecule has 1 aromatic heterocycles. The van der Waals surface area contributed by atoms with E-state index >= 15 is 0 Å². The summed E-state index contributed by atoms with van der Waals surface area (Å²) in [5.41, 5.74) is -0.176. The molecule has 5 nitrogen and oxygen atoms in total. The third kappa shape index (κ3) is 1.36. The molecule has 1 aromatic rings. The van der Waals surface area contributed by atoms with Crippen LogP contribution < -0.4 is 4.90 Å². The fourth-order valence-corrected chi connectivity index (χ4v) is 4.72. The molecule has 1 aliphatic carbocycles. The van der Waals surface area contributed by atoms with Gasteiger partial charge < -0.3 is 4.74 Å². The summed E-state index contributed by atoms with van der Waals surface area (Å²) in [6, 6.07) is 3.35. The van der Waals surface area contributed by atoms with Gasteiger partial charge in [-0.2, -0.15) is 0 Å². The van der Waals surface area contributed by atoms with Crippen molar-refractivity contribution in [3.05, 3.63) is 17.3 Å². The molecule has 19 heavy (non-hydrogen) atoms. The lowest BCUT2D eigenvalue weighted by atomic mass is 10.1. The Hall–Kier alpha value is -1.27. The van der Waals surface area contributed by atoms with E-state index < -0.39 is 17.6 Å². The predicted octanol–water partition coefficient (Wildman–Crippen LogP) is 1.98. The Morgan fingerprint density at radius 3 is 3.16 bits per heavy atom. The lowest BCUT2D eigenvalue weighted by Crippen LogP contribution is -2.53. The quantitative estimate of drug-likeness (QED) is 0.416. The summed E-state index contributed by atoms with van der Waals surface area (Å²) < 4.78 is 5.43. The van der Waals surface area contributed by atoms with Crippen molar-refractivity contribution in [1.29, 1.82) is 0 Å². The molecule has 0 aromatic carbocycles. The molecule has 0 bridgehead atoms. The van der Waals surface area contributed by atoms with E-state index in [1.54, 1.807) is 23.9 Å². The van der Waals surface area contributed by atoms with E-state index in [9.17, 15) is 9.59 Å². The van der Waals surface area contributed by atoms with Gasteiger partial charge in [-0.1, -0.05) is 23.4 Å². The number of anilines is 1. The van der Waals surface area contributed by atoms with Gasteiger partial charge >= 0.3 is 11.9 Å². The molecule has 3 heterocycles. The first-order chi connectivity index (χ1) is 9.12. The smallest absolute Gasteiger partial charge is 0.399 e. The number of carbonyl (C=O) groups excluding carboxylic acids is 2. The molecule has 2 aliphatic heterocycles. The number of amides is 1. The van der Waals surface area contributed by atoms with Gasteiger partial charge in [0.05, 0.1) is 10.9 Å². The van der Waals surface area contributed by atoms with Crippen molar-refractivity contribution in [3.8, 4) is 0 Å². The van der Waals surface area contributed by atoms with Gasteiger partial charge in [-0.3, -0.25) is 9.69 Å². The average molecular weight is 297 g/mol. The molecule has 98 valence electrons. The van der Waals surface area contributed by atoms with Crippen LogP contribution in [0.15, 0.2) is 17.2 Å². The summed E-state index contributed by atoms with van der Waals surface area (Å²) in [5, 5.41) is 1.12. The Labute approximate surface area is 118 Å². The number of fused-ring (bicyclic) bond motifs is 2. The molecule has 1 saturated carbocycles.